The number of ether oxygens (including phenoxy) is 2. The molecule has 1 N–H and O–H groups in total. The second-order valence-corrected chi connectivity index (χ2v) is 3.41. The predicted molar refractivity (Wildman–Crippen MR) is 85.4 cm³/mol. The first-order chi connectivity index (χ1) is 9.08. The number of benzene rings is 1. The molecule has 0 fully saturated rings. The molecule has 19 heavy (non-hydrogen) atoms. The average molecular weight is 267 g/mol. The molecule has 3 nitrogen and oxygen atoms in total. The molecule has 0 radical (unpaired) electrons. The van der Waals surface area contributed by atoms with E-state index in [1.807, 2.05) is 53.7 Å². The Morgan fingerprint density at radius 1 is 1.00 bits per heavy atom. The minimum Gasteiger partial charge on any atom is -0.496 e. The van der Waals surface area contributed by atoms with E-state index in [4.69, 9.17) is 9.47 Å². The van der Waals surface area contributed by atoms with Gasteiger partial charge >= 0.3 is 0 Å². The molecule has 0 spiro atoms. The van der Waals surface area contributed by atoms with Crippen LogP contribution in [0.25, 0.3) is 0 Å². The molecule has 0 saturated heterocycles. The lowest BCUT2D eigenvalue weighted by atomic mass is 10.1. The van der Waals surface area contributed by atoms with E-state index in [0.29, 0.717) is 0 Å². The lowest BCUT2D eigenvalue weighted by molar-refractivity contribution is 0.389. The van der Waals surface area contributed by atoms with Crippen LogP contribution in [-0.2, 0) is 0 Å². The van der Waals surface area contributed by atoms with Gasteiger partial charge in [0.1, 0.15) is 11.5 Å². The summed E-state index contributed by atoms with van der Waals surface area (Å²) in [5, 5.41) is 3.13. The Labute approximate surface area is 118 Å². The Kier molecular flexibility index (Phi) is 11.9. The molecule has 1 rings (SSSR count). The molecule has 0 aromatic heterocycles. The highest BCUT2D eigenvalue weighted by Crippen LogP contribution is 2.32. The maximum Gasteiger partial charge on any atom is 0.127 e. The van der Waals surface area contributed by atoms with Gasteiger partial charge in [-0.25, -0.2) is 0 Å². The predicted octanol–water partition coefficient (Wildman–Crippen LogP) is 5.01. The van der Waals surface area contributed by atoms with Crippen molar-refractivity contribution in [1.29, 1.82) is 0 Å². The van der Waals surface area contributed by atoms with Gasteiger partial charge in [0.05, 0.1) is 14.2 Å². The van der Waals surface area contributed by atoms with E-state index >= 15 is 0 Å². The molecule has 0 aliphatic heterocycles. The van der Waals surface area contributed by atoms with Crippen LogP contribution < -0.4 is 14.8 Å². The fourth-order valence-corrected chi connectivity index (χ4v) is 1.40. The van der Waals surface area contributed by atoms with Gasteiger partial charge in [0.2, 0.25) is 0 Å². The smallest absolute Gasteiger partial charge is 0.127 e. The second kappa shape index (κ2) is 11.5. The van der Waals surface area contributed by atoms with Crippen molar-refractivity contribution in [2.24, 2.45) is 0 Å². The van der Waals surface area contributed by atoms with Crippen molar-refractivity contribution in [3.05, 3.63) is 30.0 Å². The van der Waals surface area contributed by atoms with Gasteiger partial charge in [-0.2, -0.15) is 0 Å². The van der Waals surface area contributed by atoms with Crippen molar-refractivity contribution in [3.8, 4) is 11.5 Å². The topological polar surface area (TPSA) is 30.5 Å². The quantitative estimate of drug-likeness (QED) is 0.831. The Hall–Kier alpha value is -1.64. The standard InChI is InChI=1S/C12H17NO2.2C2H6/c1-8(2)13-10-6-11(14-4)9(3)12(7-10)15-5;2*1-2/h6-7,13H,1H2,2-5H3;2*1-2H3. The normalized spacial score (nSPS) is 8.21. The largest absolute Gasteiger partial charge is 0.496 e. The monoisotopic (exact) mass is 267 g/mol. The first kappa shape index (κ1) is 19.7. The fraction of sp³-hybridized carbons (Fsp3) is 0.500. The van der Waals surface area contributed by atoms with Crippen molar-refractivity contribution in [1.82, 2.24) is 0 Å². The van der Waals surface area contributed by atoms with Crippen LogP contribution in [0.15, 0.2) is 24.4 Å². The van der Waals surface area contributed by atoms with Gasteiger partial charge in [0, 0.05) is 29.1 Å². The van der Waals surface area contributed by atoms with E-state index in [-0.39, 0.29) is 0 Å². The zero-order chi connectivity index (χ0) is 15.4. The summed E-state index contributed by atoms with van der Waals surface area (Å²) in [6.07, 6.45) is 0. The first-order valence-corrected chi connectivity index (χ1v) is 6.73. The van der Waals surface area contributed by atoms with Crippen LogP contribution in [0.4, 0.5) is 5.69 Å². The van der Waals surface area contributed by atoms with Crippen LogP contribution in [0.5, 0.6) is 11.5 Å². The molecule has 0 aliphatic carbocycles. The summed E-state index contributed by atoms with van der Waals surface area (Å²) in [5.41, 5.74) is 2.79. The van der Waals surface area contributed by atoms with Crippen LogP contribution >= 0.6 is 0 Å². The molecule has 0 bridgehead atoms. The van der Waals surface area contributed by atoms with Crippen molar-refractivity contribution in [2.75, 3.05) is 19.5 Å². The van der Waals surface area contributed by atoms with E-state index < -0.39 is 0 Å². The number of hydrogen-bond acceptors (Lipinski definition) is 3. The Balaban J connectivity index is 0. The minimum absolute atomic E-state index is 0.804. The van der Waals surface area contributed by atoms with E-state index in [2.05, 4.69) is 11.9 Å². The molecule has 110 valence electrons. The second-order valence-electron chi connectivity index (χ2n) is 3.41. The third kappa shape index (κ3) is 6.75. The molecule has 3 heteroatoms. The maximum atomic E-state index is 5.26. The SMILES string of the molecule is C=C(C)Nc1cc(OC)c(C)c(OC)c1.CC.CC. The van der Waals surface area contributed by atoms with Gasteiger partial charge in [-0.05, 0) is 13.8 Å². The van der Waals surface area contributed by atoms with Crippen LogP contribution in [0.3, 0.4) is 0 Å². The average Bonchev–Trinajstić information content (AvgIpc) is 2.44. The molecule has 1 aromatic rings. The van der Waals surface area contributed by atoms with E-state index in [1.165, 1.54) is 0 Å². The highest BCUT2D eigenvalue weighted by molar-refractivity contribution is 5.60. The zero-order valence-corrected chi connectivity index (χ0v) is 13.7. The summed E-state index contributed by atoms with van der Waals surface area (Å²) >= 11 is 0. The van der Waals surface area contributed by atoms with Crippen LogP contribution in [0.1, 0.15) is 40.2 Å². The van der Waals surface area contributed by atoms with Crippen molar-refractivity contribution in [3.63, 3.8) is 0 Å². The fourth-order valence-electron chi connectivity index (χ4n) is 1.40. The van der Waals surface area contributed by atoms with Gasteiger partial charge in [-0.15, -0.1) is 0 Å². The first-order valence-electron chi connectivity index (χ1n) is 6.73. The van der Waals surface area contributed by atoms with Crippen LogP contribution in [0.2, 0.25) is 0 Å². The Bertz CT molecular complexity index is 348. The molecule has 0 atom stereocenters. The van der Waals surface area contributed by atoms with E-state index in [0.717, 1.165) is 28.4 Å². The summed E-state index contributed by atoms with van der Waals surface area (Å²) < 4.78 is 10.5. The summed E-state index contributed by atoms with van der Waals surface area (Å²) in [5.74, 6) is 1.61. The van der Waals surface area contributed by atoms with E-state index in [9.17, 15) is 0 Å². The van der Waals surface area contributed by atoms with Crippen molar-refractivity contribution >= 4 is 5.69 Å². The third-order valence-electron chi connectivity index (χ3n) is 2.11. The maximum absolute atomic E-state index is 5.26. The lowest BCUT2D eigenvalue weighted by Gasteiger charge is -2.13. The number of rotatable bonds is 4. The number of methoxy groups -OCH3 is 2. The molecule has 0 amide bonds. The summed E-state index contributed by atoms with van der Waals surface area (Å²) in [4.78, 5) is 0. The van der Waals surface area contributed by atoms with Gasteiger partial charge in [0.25, 0.3) is 0 Å². The summed E-state index contributed by atoms with van der Waals surface area (Å²) in [6.45, 7) is 15.7. The summed E-state index contributed by atoms with van der Waals surface area (Å²) in [6, 6.07) is 3.85. The van der Waals surface area contributed by atoms with Gasteiger partial charge in [0.15, 0.2) is 0 Å². The highest BCUT2D eigenvalue weighted by atomic mass is 16.5. The molecule has 0 saturated carbocycles. The van der Waals surface area contributed by atoms with Crippen molar-refractivity contribution in [2.45, 2.75) is 41.5 Å². The van der Waals surface area contributed by atoms with Gasteiger partial charge in [-0.1, -0.05) is 34.3 Å². The Morgan fingerprint density at radius 3 is 1.63 bits per heavy atom. The number of anilines is 1. The van der Waals surface area contributed by atoms with Gasteiger partial charge < -0.3 is 14.8 Å². The molecule has 0 heterocycles. The molecular formula is C16H29NO2. The summed E-state index contributed by atoms with van der Waals surface area (Å²) in [7, 11) is 3.29. The number of allylic oxidation sites excluding steroid dienone is 1. The lowest BCUT2D eigenvalue weighted by Crippen LogP contribution is -1.98. The van der Waals surface area contributed by atoms with Crippen LogP contribution in [0, 0.1) is 6.92 Å². The molecule has 1 aromatic carbocycles. The number of nitrogens with one attached hydrogen (secondary N) is 1. The third-order valence-corrected chi connectivity index (χ3v) is 2.11. The highest BCUT2D eigenvalue weighted by Gasteiger charge is 2.07. The van der Waals surface area contributed by atoms with Crippen LogP contribution in [-0.4, -0.2) is 14.2 Å². The molecule has 0 unspecified atom stereocenters. The molecular weight excluding hydrogens is 238 g/mol. The van der Waals surface area contributed by atoms with Gasteiger partial charge in [-0.3, -0.25) is 0 Å². The Morgan fingerprint density at radius 2 is 1.37 bits per heavy atom. The number of hydrogen-bond donors (Lipinski definition) is 1. The minimum atomic E-state index is 0.804. The van der Waals surface area contributed by atoms with Crippen molar-refractivity contribution < 1.29 is 9.47 Å². The molecule has 0 aliphatic rings. The zero-order valence-electron chi connectivity index (χ0n) is 13.7. The van der Waals surface area contributed by atoms with E-state index in [1.54, 1.807) is 14.2 Å².